The highest BCUT2D eigenvalue weighted by Crippen LogP contribution is 2.38. The summed E-state index contributed by atoms with van der Waals surface area (Å²) in [6, 6.07) is 12.0. The van der Waals surface area contributed by atoms with E-state index in [4.69, 9.17) is 4.74 Å². The summed E-state index contributed by atoms with van der Waals surface area (Å²) in [6.07, 6.45) is -5.72. The Morgan fingerprint density at radius 2 is 1.56 bits per heavy atom. The molecule has 4 rings (SSSR count). The Labute approximate surface area is 183 Å². The number of hydrogen-bond donors (Lipinski definition) is 1. The number of aromatic amines is 1. The lowest BCUT2D eigenvalue weighted by atomic mass is 10.1. The van der Waals surface area contributed by atoms with Crippen molar-refractivity contribution in [3.8, 4) is 22.8 Å². The molecule has 2 aromatic carbocycles. The van der Waals surface area contributed by atoms with Crippen molar-refractivity contribution in [2.75, 3.05) is 13.1 Å². The molecule has 1 aliphatic rings. The molecule has 11 heteroatoms. The number of morpholine rings is 1. The van der Waals surface area contributed by atoms with Crippen LogP contribution >= 0.6 is 0 Å². The van der Waals surface area contributed by atoms with E-state index in [1.807, 2.05) is 18.2 Å². The van der Waals surface area contributed by atoms with E-state index in [2.05, 4.69) is 15.2 Å². The van der Waals surface area contributed by atoms with Gasteiger partial charge in [-0.3, -0.25) is 0 Å². The number of nitrogens with zero attached hydrogens (tertiary/aromatic N) is 3. The molecule has 1 saturated heterocycles. The number of benzene rings is 2. The maximum absolute atomic E-state index is 13.7. The Morgan fingerprint density at radius 1 is 0.969 bits per heavy atom. The van der Waals surface area contributed by atoms with Gasteiger partial charge in [0.2, 0.25) is 10.0 Å². The van der Waals surface area contributed by atoms with E-state index in [-0.39, 0.29) is 24.5 Å². The third kappa shape index (κ3) is 4.41. The molecule has 1 fully saturated rings. The number of H-pyrrole nitrogens is 1. The van der Waals surface area contributed by atoms with Gasteiger partial charge in [-0.15, -0.1) is 10.2 Å². The van der Waals surface area contributed by atoms with E-state index >= 15 is 0 Å². The molecule has 0 unspecified atom stereocenters. The Bertz CT molecular complexity index is 1200. The number of nitrogens with one attached hydrogen (secondary N) is 1. The highest BCUT2D eigenvalue weighted by molar-refractivity contribution is 7.89. The molecule has 0 saturated carbocycles. The van der Waals surface area contributed by atoms with E-state index < -0.39 is 38.9 Å². The molecule has 1 aliphatic heterocycles. The molecule has 2 atom stereocenters. The van der Waals surface area contributed by atoms with E-state index in [1.165, 1.54) is 6.07 Å². The third-order valence-electron chi connectivity index (χ3n) is 5.10. The summed E-state index contributed by atoms with van der Waals surface area (Å²) in [5, 5.41) is 8.03. The van der Waals surface area contributed by atoms with Gasteiger partial charge in [0.05, 0.1) is 22.7 Å². The lowest BCUT2D eigenvalue weighted by Gasteiger charge is -2.34. The van der Waals surface area contributed by atoms with Crippen molar-refractivity contribution in [2.45, 2.75) is 37.1 Å². The predicted molar refractivity (Wildman–Crippen MR) is 111 cm³/mol. The number of sulfonamides is 1. The van der Waals surface area contributed by atoms with Crippen molar-refractivity contribution < 1.29 is 26.3 Å². The van der Waals surface area contributed by atoms with Crippen LogP contribution in [0, 0.1) is 0 Å². The van der Waals surface area contributed by atoms with Crippen LogP contribution in [0.2, 0.25) is 0 Å². The minimum atomic E-state index is -4.85. The third-order valence-corrected chi connectivity index (χ3v) is 6.97. The average molecular weight is 466 g/mol. The molecule has 0 spiro atoms. The highest BCUT2D eigenvalue weighted by atomic mass is 32.2. The minimum Gasteiger partial charge on any atom is -0.373 e. The van der Waals surface area contributed by atoms with Crippen molar-refractivity contribution in [2.24, 2.45) is 0 Å². The summed E-state index contributed by atoms with van der Waals surface area (Å²) in [7, 11) is -4.45. The smallest absolute Gasteiger partial charge is 0.373 e. The van der Waals surface area contributed by atoms with Crippen LogP contribution in [-0.2, 0) is 20.9 Å². The van der Waals surface area contributed by atoms with Crippen LogP contribution in [0.3, 0.4) is 0 Å². The maximum Gasteiger partial charge on any atom is 0.417 e. The van der Waals surface area contributed by atoms with E-state index in [9.17, 15) is 21.6 Å². The van der Waals surface area contributed by atoms with Gasteiger partial charge >= 0.3 is 6.18 Å². The zero-order valence-electron chi connectivity index (χ0n) is 17.3. The first-order valence-electron chi connectivity index (χ1n) is 9.91. The lowest BCUT2D eigenvalue weighted by molar-refractivity contribution is -0.139. The Balaban J connectivity index is 1.78. The fraction of sp³-hybridized carbons (Fsp3) is 0.333. The second-order valence-electron chi connectivity index (χ2n) is 7.68. The van der Waals surface area contributed by atoms with Crippen LogP contribution in [0.25, 0.3) is 22.8 Å². The van der Waals surface area contributed by atoms with Gasteiger partial charge in [-0.2, -0.15) is 17.5 Å². The minimum absolute atomic E-state index is 0.0331. The van der Waals surface area contributed by atoms with E-state index in [1.54, 1.807) is 26.0 Å². The molecule has 0 bridgehead atoms. The van der Waals surface area contributed by atoms with Gasteiger partial charge in [0.1, 0.15) is 0 Å². The first-order chi connectivity index (χ1) is 15.1. The van der Waals surface area contributed by atoms with Crippen LogP contribution in [-0.4, -0.2) is 53.2 Å². The lowest BCUT2D eigenvalue weighted by Crippen LogP contribution is -2.48. The zero-order valence-corrected chi connectivity index (χ0v) is 18.1. The fourth-order valence-electron chi connectivity index (χ4n) is 3.70. The van der Waals surface area contributed by atoms with E-state index in [0.29, 0.717) is 5.82 Å². The van der Waals surface area contributed by atoms with Crippen LogP contribution in [0.15, 0.2) is 53.4 Å². The fourth-order valence-corrected chi connectivity index (χ4v) is 5.53. The van der Waals surface area contributed by atoms with Gasteiger partial charge in [-0.1, -0.05) is 36.4 Å². The number of alkyl halides is 3. The second kappa shape index (κ2) is 8.30. The van der Waals surface area contributed by atoms with Crippen LogP contribution in [0.5, 0.6) is 0 Å². The number of ether oxygens (including phenoxy) is 1. The maximum atomic E-state index is 13.7. The molecule has 7 nitrogen and oxygen atoms in total. The van der Waals surface area contributed by atoms with E-state index in [0.717, 1.165) is 22.0 Å². The number of halogens is 3. The summed E-state index contributed by atoms with van der Waals surface area (Å²) < 4.78 is 74.3. The van der Waals surface area contributed by atoms with Crippen LogP contribution < -0.4 is 0 Å². The highest BCUT2D eigenvalue weighted by Gasteiger charge is 2.41. The van der Waals surface area contributed by atoms with Crippen LogP contribution in [0.4, 0.5) is 13.2 Å². The summed E-state index contributed by atoms with van der Waals surface area (Å²) in [4.78, 5) is 2.13. The molecule has 2 heterocycles. The quantitative estimate of drug-likeness (QED) is 0.629. The van der Waals surface area contributed by atoms with Crippen molar-refractivity contribution in [1.29, 1.82) is 0 Å². The Morgan fingerprint density at radius 3 is 2.16 bits per heavy atom. The van der Waals surface area contributed by atoms with Gasteiger partial charge in [0, 0.05) is 24.2 Å². The molecule has 0 aliphatic carbocycles. The predicted octanol–water partition coefficient (Wildman–Crippen LogP) is 3.96. The molecule has 1 aromatic heterocycles. The van der Waals surface area contributed by atoms with Crippen molar-refractivity contribution in [3.05, 3.63) is 54.1 Å². The molecule has 170 valence electrons. The molecule has 0 amide bonds. The molecular formula is C21H21F3N4O3S. The van der Waals surface area contributed by atoms with Gasteiger partial charge in [0.25, 0.3) is 0 Å². The second-order valence-corrected chi connectivity index (χ2v) is 9.58. The number of aromatic nitrogens is 3. The van der Waals surface area contributed by atoms with Gasteiger partial charge in [0.15, 0.2) is 11.6 Å². The zero-order chi connectivity index (χ0) is 23.1. The Hall–Kier alpha value is -2.76. The van der Waals surface area contributed by atoms with Crippen LogP contribution in [0.1, 0.15) is 19.4 Å². The first-order valence-corrected chi connectivity index (χ1v) is 11.3. The monoisotopic (exact) mass is 466 g/mol. The largest absolute Gasteiger partial charge is 0.417 e. The first kappa shape index (κ1) is 22.4. The summed E-state index contributed by atoms with van der Waals surface area (Å²) in [6.45, 7) is 3.29. The van der Waals surface area contributed by atoms with Gasteiger partial charge in [-0.25, -0.2) is 8.42 Å². The van der Waals surface area contributed by atoms with Crippen molar-refractivity contribution >= 4 is 10.0 Å². The summed E-state index contributed by atoms with van der Waals surface area (Å²) >= 11 is 0. The normalized spacial score (nSPS) is 20.4. The summed E-state index contributed by atoms with van der Waals surface area (Å²) in [5.74, 6) is 0.582. The standard InChI is InChI=1S/C21H21F3N4O3S/c1-13-11-28(12-14(2)31-13)32(29,30)18-10-16(8-9-17(18)21(22,23)24)20-25-19(26-27-20)15-6-4-3-5-7-15/h3-10,13-14H,11-12H2,1-2H3,(H,25,26,27)/t13-,14+. The average Bonchev–Trinajstić information content (AvgIpc) is 3.23. The number of hydrogen-bond acceptors (Lipinski definition) is 5. The topological polar surface area (TPSA) is 88.2 Å². The summed E-state index contributed by atoms with van der Waals surface area (Å²) in [5.41, 5.74) is -0.307. The molecule has 32 heavy (non-hydrogen) atoms. The SMILES string of the molecule is C[C@@H]1CN(S(=O)(=O)c2cc(-c3nnc(-c4ccccc4)[nH]3)ccc2C(F)(F)F)C[C@H](C)O1. The van der Waals surface area contributed by atoms with Crippen molar-refractivity contribution in [1.82, 2.24) is 19.5 Å². The Kier molecular flexibility index (Phi) is 5.82. The molecular weight excluding hydrogens is 445 g/mol. The molecule has 0 radical (unpaired) electrons. The van der Waals surface area contributed by atoms with Gasteiger partial charge < -0.3 is 9.72 Å². The molecule has 3 aromatic rings. The number of rotatable bonds is 4. The van der Waals surface area contributed by atoms with Crippen molar-refractivity contribution in [3.63, 3.8) is 0 Å². The van der Waals surface area contributed by atoms with Gasteiger partial charge in [-0.05, 0) is 26.0 Å². The molecule has 1 N–H and O–H groups in total.